The Morgan fingerprint density at radius 2 is 1.92 bits per heavy atom. The lowest BCUT2D eigenvalue weighted by molar-refractivity contribution is 0.187. The summed E-state index contributed by atoms with van der Waals surface area (Å²) in [5.74, 6) is 1.37. The third-order valence-electron chi connectivity index (χ3n) is 4.09. The van der Waals surface area contributed by atoms with Crippen molar-refractivity contribution in [3.8, 4) is 11.5 Å². The van der Waals surface area contributed by atoms with E-state index in [1.54, 1.807) is 7.11 Å². The number of hydrogen-bond donors (Lipinski definition) is 2. The SMILES string of the molecule is COc1cc(CNC(C)(C)CO)cc(Br)c1OCc1ccccc1C. The van der Waals surface area contributed by atoms with Crippen LogP contribution in [-0.4, -0.2) is 24.4 Å². The Morgan fingerprint density at radius 1 is 1.20 bits per heavy atom. The van der Waals surface area contributed by atoms with Crippen LogP contribution in [0.2, 0.25) is 0 Å². The summed E-state index contributed by atoms with van der Waals surface area (Å²) in [6.45, 7) is 7.17. The fourth-order valence-electron chi connectivity index (χ4n) is 2.33. The van der Waals surface area contributed by atoms with Crippen molar-refractivity contribution in [2.75, 3.05) is 13.7 Å². The topological polar surface area (TPSA) is 50.7 Å². The van der Waals surface area contributed by atoms with Gasteiger partial charge in [-0.15, -0.1) is 0 Å². The highest BCUT2D eigenvalue weighted by molar-refractivity contribution is 9.10. The van der Waals surface area contributed by atoms with E-state index in [1.165, 1.54) is 5.56 Å². The van der Waals surface area contributed by atoms with Crippen LogP contribution in [0.4, 0.5) is 0 Å². The third kappa shape index (κ3) is 5.46. The zero-order valence-electron chi connectivity index (χ0n) is 15.2. The second-order valence-electron chi connectivity index (χ2n) is 6.72. The second kappa shape index (κ2) is 8.70. The number of hydrogen-bond acceptors (Lipinski definition) is 4. The number of benzene rings is 2. The van der Waals surface area contributed by atoms with Crippen molar-refractivity contribution in [2.45, 2.75) is 39.5 Å². The van der Waals surface area contributed by atoms with Crippen LogP contribution in [0.15, 0.2) is 40.9 Å². The van der Waals surface area contributed by atoms with Crippen molar-refractivity contribution in [1.82, 2.24) is 5.32 Å². The first-order valence-electron chi connectivity index (χ1n) is 8.26. The Balaban J connectivity index is 2.15. The quantitative estimate of drug-likeness (QED) is 0.687. The highest BCUT2D eigenvalue weighted by Crippen LogP contribution is 2.37. The number of aliphatic hydroxyl groups excluding tert-OH is 1. The lowest BCUT2D eigenvalue weighted by Gasteiger charge is -2.24. The maximum Gasteiger partial charge on any atom is 0.175 e. The predicted molar refractivity (Wildman–Crippen MR) is 104 cm³/mol. The van der Waals surface area contributed by atoms with Crippen LogP contribution in [0.5, 0.6) is 11.5 Å². The van der Waals surface area contributed by atoms with Gasteiger partial charge in [-0.2, -0.15) is 0 Å². The monoisotopic (exact) mass is 407 g/mol. The summed E-state index contributed by atoms with van der Waals surface area (Å²) in [6.07, 6.45) is 0. The van der Waals surface area contributed by atoms with Crippen molar-refractivity contribution in [1.29, 1.82) is 0 Å². The molecular formula is C20H26BrNO3. The molecule has 0 amide bonds. The van der Waals surface area contributed by atoms with Crippen LogP contribution < -0.4 is 14.8 Å². The summed E-state index contributed by atoms with van der Waals surface area (Å²) < 4.78 is 12.4. The highest BCUT2D eigenvalue weighted by Gasteiger charge is 2.17. The molecule has 25 heavy (non-hydrogen) atoms. The Hall–Kier alpha value is -1.56. The molecule has 0 aliphatic heterocycles. The molecule has 0 aliphatic rings. The highest BCUT2D eigenvalue weighted by atomic mass is 79.9. The van der Waals surface area contributed by atoms with Gasteiger partial charge >= 0.3 is 0 Å². The van der Waals surface area contributed by atoms with E-state index in [9.17, 15) is 5.11 Å². The number of ether oxygens (including phenoxy) is 2. The molecule has 0 unspecified atom stereocenters. The number of aryl methyl sites for hydroxylation is 1. The molecule has 0 spiro atoms. The summed E-state index contributed by atoms with van der Waals surface area (Å²) in [7, 11) is 1.64. The van der Waals surface area contributed by atoms with Gasteiger partial charge in [0.1, 0.15) is 6.61 Å². The van der Waals surface area contributed by atoms with Gasteiger partial charge in [-0.25, -0.2) is 0 Å². The van der Waals surface area contributed by atoms with E-state index in [1.807, 2.05) is 38.1 Å². The van der Waals surface area contributed by atoms with Crippen molar-refractivity contribution in [2.24, 2.45) is 0 Å². The molecule has 0 heterocycles. The normalized spacial score (nSPS) is 11.4. The largest absolute Gasteiger partial charge is 0.493 e. The number of aliphatic hydroxyl groups is 1. The van der Waals surface area contributed by atoms with E-state index < -0.39 is 0 Å². The van der Waals surface area contributed by atoms with Crippen LogP contribution in [0.25, 0.3) is 0 Å². The van der Waals surface area contributed by atoms with Crippen molar-refractivity contribution in [3.63, 3.8) is 0 Å². The number of halogens is 1. The molecule has 0 saturated heterocycles. The molecule has 2 N–H and O–H groups in total. The average molecular weight is 408 g/mol. The Labute approximate surface area is 158 Å². The lowest BCUT2D eigenvalue weighted by Crippen LogP contribution is -2.42. The van der Waals surface area contributed by atoms with E-state index in [-0.39, 0.29) is 12.1 Å². The molecule has 5 heteroatoms. The molecule has 136 valence electrons. The van der Waals surface area contributed by atoms with Gasteiger partial charge in [0.25, 0.3) is 0 Å². The molecule has 2 aromatic rings. The number of nitrogens with one attached hydrogen (secondary N) is 1. The van der Waals surface area contributed by atoms with Crippen LogP contribution in [0.1, 0.15) is 30.5 Å². The fourth-order valence-corrected chi connectivity index (χ4v) is 2.94. The zero-order valence-corrected chi connectivity index (χ0v) is 16.8. The van der Waals surface area contributed by atoms with E-state index in [4.69, 9.17) is 9.47 Å². The molecule has 2 rings (SSSR count). The smallest absolute Gasteiger partial charge is 0.175 e. The van der Waals surface area contributed by atoms with Crippen LogP contribution in [0, 0.1) is 6.92 Å². The van der Waals surface area contributed by atoms with Crippen LogP contribution in [-0.2, 0) is 13.2 Å². The molecule has 2 aromatic carbocycles. The minimum atomic E-state index is -0.334. The molecule has 0 saturated carbocycles. The van der Waals surface area contributed by atoms with Gasteiger partial charge in [-0.3, -0.25) is 0 Å². The summed E-state index contributed by atoms with van der Waals surface area (Å²) in [6, 6.07) is 12.1. The van der Waals surface area contributed by atoms with Gasteiger partial charge in [-0.1, -0.05) is 24.3 Å². The van der Waals surface area contributed by atoms with Gasteiger partial charge < -0.3 is 19.9 Å². The Morgan fingerprint density at radius 3 is 2.56 bits per heavy atom. The lowest BCUT2D eigenvalue weighted by atomic mass is 10.1. The average Bonchev–Trinajstić information content (AvgIpc) is 2.60. The Bertz CT molecular complexity index is 716. The molecule has 0 bridgehead atoms. The van der Waals surface area contributed by atoms with Crippen LogP contribution >= 0.6 is 15.9 Å². The van der Waals surface area contributed by atoms with Gasteiger partial charge in [0.15, 0.2) is 11.5 Å². The van der Waals surface area contributed by atoms with Gasteiger partial charge in [-0.05, 0) is 65.5 Å². The fraction of sp³-hybridized carbons (Fsp3) is 0.400. The minimum Gasteiger partial charge on any atom is -0.493 e. The van der Waals surface area contributed by atoms with E-state index >= 15 is 0 Å². The summed E-state index contributed by atoms with van der Waals surface area (Å²) in [5.41, 5.74) is 3.06. The van der Waals surface area contributed by atoms with Crippen molar-refractivity contribution < 1.29 is 14.6 Å². The third-order valence-corrected chi connectivity index (χ3v) is 4.68. The first-order valence-corrected chi connectivity index (χ1v) is 9.05. The maximum atomic E-state index is 9.36. The molecule has 0 fully saturated rings. The van der Waals surface area contributed by atoms with E-state index in [2.05, 4.69) is 40.3 Å². The first-order chi connectivity index (χ1) is 11.9. The predicted octanol–water partition coefficient (Wildman–Crippen LogP) is 4.21. The number of rotatable bonds is 8. The van der Waals surface area contributed by atoms with Gasteiger partial charge in [0, 0.05) is 12.1 Å². The van der Waals surface area contributed by atoms with Gasteiger partial charge in [0.2, 0.25) is 0 Å². The summed E-state index contributed by atoms with van der Waals surface area (Å²) >= 11 is 3.59. The van der Waals surface area contributed by atoms with Crippen LogP contribution in [0.3, 0.4) is 0 Å². The molecule has 0 radical (unpaired) electrons. The molecule has 0 aromatic heterocycles. The minimum absolute atomic E-state index is 0.0723. The van der Waals surface area contributed by atoms with Crippen molar-refractivity contribution in [3.05, 3.63) is 57.6 Å². The van der Waals surface area contributed by atoms with Gasteiger partial charge in [0.05, 0.1) is 18.2 Å². The maximum absolute atomic E-state index is 9.36. The summed E-state index contributed by atoms with van der Waals surface area (Å²) in [4.78, 5) is 0. The van der Waals surface area contributed by atoms with Crippen molar-refractivity contribution >= 4 is 15.9 Å². The van der Waals surface area contributed by atoms with E-state index in [0.717, 1.165) is 15.6 Å². The summed E-state index contributed by atoms with van der Waals surface area (Å²) in [5, 5.41) is 12.7. The Kier molecular flexibility index (Phi) is 6.87. The molecule has 0 atom stereocenters. The molecule has 0 aliphatic carbocycles. The van der Waals surface area contributed by atoms with E-state index in [0.29, 0.717) is 24.7 Å². The standard InChI is InChI=1S/C20H26BrNO3/c1-14-7-5-6-8-16(14)12-25-19-17(21)9-15(10-18(19)24-4)11-22-20(2,3)13-23/h5-10,22-23H,11-13H2,1-4H3. The molecule has 4 nitrogen and oxygen atoms in total. The number of methoxy groups -OCH3 is 1. The molecular weight excluding hydrogens is 382 g/mol. The zero-order chi connectivity index (χ0) is 18.4. The second-order valence-corrected chi connectivity index (χ2v) is 7.57. The first kappa shape index (κ1) is 19.8.